The molecule has 0 saturated carbocycles. The van der Waals surface area contributed by atoms with Gasteiger partial charge in [-0.05, 0) is 12.3 Å². The van der Waals surface area contributed by atoms with Crippen LogP contribution in [0.15, 0.2) is 6.20 Å². The third-order valence-electron chi connectivity index (χ3n) is 1.84. The second-order valence-corrected chi connectivity index (χ2v) is 4.34. The number of amides is 1. The van der Waals surface area contributed by atoms with E-state index in [1.165, 1.54) is 6.20 Å². The lowest BCUT2D eigenvalue weighted by Gasteiger charge is -2.12. The van der Waals surface area contributed by atoms with Crippen LogP contribution in [0.1, 0.15) is 30.8 Å². The van der Waals surface area contributed by atoms with Crippen molar-refractivity contribution in [1.82, 2.24) is 14.1 Å². The Labute approximate surface area is 92.9 Å². The summed E-state index contributed by atoms with van der Waals surface area (Å²) in [5, 5.41) is 12.1. The molecule has 1 amide bonds. The van der Waals surface area contributed by atoms with Gasteiger partial charge in [0.25, 0.3) is 5.91 Å². The summed E-state index contributed by atoms with van der Waals surface area (Å²) >= 11 is 0.989. The topological polar surface area (TPSA) is 75.1 Å². The highest BCUT2D eigenvalue weighted by molar-refractivity contribution is 6.99. The molecular formula is C9H15N3O2S. The van der Waals surface area contributed by atoms with Crippen LogP contribution >= 0.6 is 11.7 Å². The van der Waals surface area contributed by atoms with Crippen molar-refractivity contribution in [2.75, 3.05) is 6.54 Å². The van der Waals surface area contributed by atoms with Gasteiger partial charge in [0.05, 0.1) is 24.0 Å². The first-order chi connectivity index (χ1) is 7.09. The molecule has 1 heterocycles. The summed E-state index contributed by atoms with van der Waals surface area (Å²) in [6, 6.07) is 0. The largest absolute Gasteiger partial charge is 0.391 e. The molecule has 1 rings (SSSR count). The third kappa shape index (κ3) is 4.35. The predicted molar refractivity (Wildman–Crippen MR) is 57.7 cm³/mol. The van der Waals surface area contributed by atoms with Crippen molar-refractivity contribution < 1.29 is 9.90 Å². The summed E-state index contributed by atoms with van der Waals surface area (Å²) in [5.41, 5.74) is 0.303. The minimum absolute atomic E-state index is 0.258. The van der Waals surface area contributed by atoms with Gasteiger partial charge in [0.15, 0.2) is 5.69 Å². The van der Waals surface area contributed by atoms with Crippen molar-refractivity contribution in [3.8, 4) is 0 Å². The minimum Gasteiger partial charge on any atom is -0.391 e. The Morgan fingerprint density at radius 2 is 2.40 bits per heavy atom. The first-order valence-electron chi connectivity index (χ1n) is 4.83. The van der Waals surface area contributed by atoms with Gasteiger partial charge < -0.3 is 10.4 Å². The van der Waals surface area contributed by atoms with E-state index < -0.39 is 6.10 Å². The van der Waals surface area contributed by atoms with Crippen LogP contribution in [0.4, 0.5) is 0 Å². The van der Waals surface area contributed by atoms with E-state index in [-0.39, 0.29) is 12.5 Å². The van der Waals surface area contributed by atoms with E-state index in [0.717, 1.165) is 11.7 Å². The Balaban J connectivity index is 2.28. The fourth-order valence-electron chi connectivity index (χ4n) is 1.19. The van der Waals surface area contributed by atoms with Crippen molar-refractivity contribution >= 4 is 17.6 Å². The molecule has 5 nitrogen and oxygen atoms in total. The van der Waals surface area contributed by atoms with E-state index in [1.807, 2.05) is 13.8 Å². The minimum atomic E-state index is -0.499. The predicted octanol–water partition coefficient (Wildman–Crippen LogP) is 0.675. The fraction of sp³-hybridized carbons (Fsp3) is 0.667. The molecule has 84 valence electrons. The van der Waals surface area contributed by atoms with Crippen LogP contribution in [0, 0.1) is 5.92 Å². The molecule has 0 bridgehead atoms. The van der Waals surface area contributed by atoms with Crippen molar-refractivity contribution in [3.05, 3.63) is 11.9 Å². The monoisotopic (exact) mass is 229 g/mol. The van der Waals surface area contributed by atoms with Gasteiger partial charge in [0.2, 0.25) is 0 Å². The molecule has 0 radical (unpaired) electrons. The van der Waals surface area contributed by atoms with Crippen LogP contribution in [-0.4, -0.2) is 32.4 Å². The van der Waals surface area contributed by atoms with E-state index in [1.54, 1.807) is 0 Å². The average molecular weight is 229 g/mol. The molecule has 0 spiro atoms. The number of carbonyl (C=O) groups is 1. The number of aromatic nitrogens is 2. The summed E-state index contributed by atoms with van der Waals surface area (Å²) in [4.78, 5) is 11.4. The molecule has 0 fully saturated rings. The number of rotatable bonds is 5. The van der Waals surface area contributed by atoms with Gasteiger partial charge in [0, 0.05) is 6.54 Å². The summed E-state index contributed by atoms with van der Waals surface area (Å²) in [7, 11) is 0. The Morgan fingerprint density at radius 3 is 2.93 bits per heavy atom. The Morgan fingerprint density at radius 1 is 1.67 bits per heavy atom. The quantitative estimate of drug-likeness (QED) is 0.778. The maximum absolute atomic E-state index is 11.4. The van der Waals surface area contributed by atoms with E-state index in [9.17, 15) is 9.90 Å². The molecule has 1 atom stereocenters. The van der Waals surface area contributed by atoms with Crippen LogP contribution in [0.25, 0.3) is 0 Å². The number of nitrogens with zero attached hydrogens (tertiary/aromatic N) is 2. The zero-order chi connectivity index (χ0) is 11.3. The molecule has 0 aliphatic heterocycles. The molecular weight excluding hydrogens is 214 g/mol. The van der Waals surface area contributed by atoms with Gasteiger partial charge in [-0.3, -0.25) is 4.79 Å². The lowest BCUT2D eigenvalue weighted by Crippen LogP contribution is -2.32. The highest BCUT2D eigenvalue weighted by Gasteiger charge is 2.11. The fourth-order valence-corrected chi connectivity index (χ4v) is 1.61. The number of carbonyl (C=O) groups excluding carboxylic acids is 1. The molecule has 1 aromatic heterocycles. The number of nitrogens with one attached hydrogen (secondary N) is 1. The van der Waals surface area contributed by atoms with Gasteiger partial charge >= 0.3 is 0 Å². The lowest BCUT2D eigenvalue weighted by atomic mass is 10.1. The second-order valence-electron chi connectivity index (χ2n) is 3.79. The second kappa shape index (κ2) is 5.77. The normalized spacial score (nSPS) is 12.8. The first kappa shape index (κ1) is 12.1. The molecule has 0 saturated heterocycles. The van der Waals surface area contributed by atoms with E-state index >= 15 is 0 Å². The summed E-state index contributed by atoms with van der Waals surface area (Å²) in [6.07, 6.45) is 1.59. The molecule has 0 aliphatic rings. The van der Waals surface area contributed by atoms with Crippen molar-refractivity contribution in [3.63, 3.8) is 0 Å². The van der Waals surface area contributed by atoms with Crippen LogP contribution in [0.3, 0.4) is 0 Å². The maximum Gasteiger partial charge on any atom is 0.272 e. The third-order valence-corrected chi connectivity index (χ3v) is 2.31. The molecule has 2 N–H and O–H groups in total. The van der Waals surface area contributed by atoms with Crippen molar-refractivity contribution in [1.29, 1.82) is 0 Å². The zero-order valence-electron chi connectivity index (χ0n) is 8.80. The van der Waals surface area contributed by atoms with Crippen LogP contribution in [0.5, 0.6) is 0 Å². The average Bonchev–Trinajstić information content (AvgIpc) is 2.65. The first-order valence-corrected chi connectivity index (χ1v) is 5.56. The zero-order valence-corrected chi connectivity index (χ0v) is 9.62. The van der Waals surface area contributed by atoms with E-state index in [0.29, 0.717) is 18.0 Å². The summed E-state index contributed by atoms with van der Waals surface area (Å²) in [5.74, 6) is 0.129. The maximum atomic E-state index is 11.4. The van der Waals surface area contributed by atoms with Crippen LogP contribution in [0.2, 0.25) is 0 Å². The van der Waals surface area contributed by atoms with Crippen LogP contribution in [-0.2, 0) is 0 Å². The van der Waals surface area contributed by atoms with Gasteiger partial charge in [-0.15, -0.1) is 0 Å². The molecule has 0 aromatic carbocycles. The highest BCUT2D eigenvalue weighted by Crippen LogP contribution is 2.03. The Kier molecular flexibility index (Phi) is 4.64. The van der Waals surface area contributed by atoms with Gasteiger partial charge in [-0.2, -0.15) is 8.75 Å². The standard InChI is InChI=1S/C9H15N3O2S/c1-6(2)3-7(13)4-10-9(14)8-5-11-15-12-8/h5-7,13H,3-4H2,1-2H3,(H,10,14). The van der Waals surface area contributed by atoms with E-state index in [4.69, 9.17) is 0 Å². The van der Waals surface area contributed by atoms with E-state index in [2.05, 4.69) is 14.1 Å². The molecule has 0 aliphatic carbocycles. The number of hydrogen-bond donors (Lipinski definition) is 2. The smallest absolute Gasteiger partial charge is 0.272 e. The van der Waals surface area contributed by atoms with Crippen LogP contribution < -0.4 is 5.32 Å². The molecule has 1 unspecified atom stereocenters. The Hall–Kier alpha value is -1.01. The van der Waals surface area contributed by atoms with Crippen molar-refractivity contribution in [2.45, 2.75) is 26.4 Å². The van der Waals surface area contributed by atoms with Crippen molar-refractivity contribution in [2.24, 2.45) is 5.92 Å². The lowest BCUT2D eigenvalue weighted by molar-refractivity contribution is 0.0896. The van der Waals surface area contributed by atoms with Gasteiger partial charge in [0.1, 0.15) is 0 Å². The molecule has 1 aromatic rings. The van der Waals surface area contributed by atoms with Gasteiger partial charge in [-0.25, -0.2) is 0 Å². The highest BCUT2D eigenvalue weighted by atomic mass is 32.1. The molecule has 15 heavy (non-hydrogen) atoms. The molecule has 6 heteroatoms. The SMILES string of the molecule is CC(C)CC(O)CNC(=O)c1cnsn1. The van der Waals surface area contributed by atoms with Gasteiger partial charge in [-0.1, -0.05) is 13.8 Å². The Bertz CT molecular complexity index is 300. The summed E-state index contributed by atoms with van der Waals surface area (Å²) < 4.78 is 7.52. The number of aliphatic hydroxyl groups excluding tert-OH is 1. The summed E-state index contributed by atoms with van der Waals surface area (Å²) in [6.45, 7) is 4.30. The number of hydrogen-bond acceptors (Lipinski definition) is 5. The number of aliphatic hydroxyl groups is 1.